The van der Waals surface area contributed by atoms with Crippen molar-refractivity contribution in [3.8, 4) is 5.75 Å². The average Bonchev–Trinajstić information content (AvgIpc) is 3.25. The molecule has 10 heteroatoms. The van der Waals surface area contributed by atoms with Crippen molar-refractivity contribution < 1.29 is 19.1 Å². The SMILES string of the molecule is CN1CC[C@H](Oc2cc(NC(=O)Cc3ccc(C4=CCN(C(=O)OC(C)(C)C)CC4)nc3)ncc2Cl)C1. The molecule has 0 aliphatic carbocycles. The minimum atomic E-state index is -0.517. The van der Waals surface area contributed by atoms with Gasteiger partial charge in [0.05, 0.1) is 18.3 Å². The summed E-state index contributed by atoms with van der Waals surface area (Å²) in [6.07, 6.45) is 6.73. The van der Waals surface area contributed by atoms with Crippen molar-refractivity contribution in [2.75, 3.05) is 38.5 Å². The van der Waals surface area contributed by atoms with Crippen molar-refractivity contribution in [2.24, 2.45) is 0 Å². The average molecular weight is 528 g/mol. The van der Waals surface area contributed by atoms with Gasteiger partial charge in [-0.15, -0.1) is 0 Å². The molecule has 0 saturated carbocycles. The van der Waals surface area contributed by atoms with Crippen LogP contribution in [0, 0.1) is 0 Å². The summed E-state index contributed by atoms with van der Waals surface area (Å²) >= 11 is 6.25. The maximum Gasteiger partial charge on any atom is 0.410 e. The van der Waals surface area contributed by atoms with E-state index in [9.17, 15) is 9.59 Å². The Hall–Kier alpha value is -3.17. The van der Waals surface area contributed by atoms with Gasteiger partial charge in [0.15, 0.2) is 0 Å². The van der Waals surface area contributed by atoms with Crippen LogP contribution in [0.1, 0.15) is 44.9 Å². The van der Waals surface area contributed by atoms with Crippen molar-refractivity contribution in [1.82, 2.24) is 19.8 Å². The number of rotatable bonds is 6. The molecule has 1 atom stereocenters. The highest BCUT2D eigenvalue weighted by Gasteiger charge is 2.24. The van der Waals surface area contributed by atoms with Gasteiger partial charge in [-0.25, -0.2) is 9.78 Å². The molecule has 37 heavy (non-hydrogen) atoms. The minimum Gasteiger partial charge on any atom is -0.487 e. The van der Waals surface area contributed by atoms with Gasteiger partial charge in [0, 0.05) is 38.4 Å². The highest BCUT2D eigenvalue weighted by atomic mass is 35.5. The molecule has 2 aliphatic heterocycles. The van der Waals surface area contributed by atoms with Gasteiger partial charge in [-0.3, -0.25) is 9.78 Å². The molecule has 2 aliphatic rings. The smallest absolute Gasteiger partial charge is 0.410 e. The van der Waals surface area contributed by atoms with E-state index in [1.807, 2.05) is 39.0 Å². The first-order valence-corrected chi connectivity index (χ1v) is 12.9. The number of amides is 2. The second kappa shape index (κ2) is 11.5. The highest BCUT2D eigenvalue weighted by Crippen LogP contribution is 2.29. The van der Waals surface area contributed by atoms with E-state index in [-0.39, 0.29) is 24.5 Å². The molecule has 1 fully saturated rings. The second-order valence-electron chi connectivity index (χ2n) is 10.5. The summed E-state index contributed by atoms with van der Waals surface area (Å²) in [5, 5.41) is 3.23. The molecule has 0 spiro atoms. The molecule has 0 bridgehead atoms. The Morgan fingerprint density at radius 2 is 2.00 bits per heavy atom. The monoisotopic (exact) mass is 527 g/mol. The zero-order valence-electron chi connectivity index (χ0n) is 21.8. The lowest BCUT2D eigenvalue weighted by Gasteiger charge is -2.29. The van der Waals surface area contributed by atoms with Crippen molar-refractivity contribution >= 4 is 35.0 Å². The van der Waals surface area contributed by atoms with E-state index in [1.54, 1.807) is 17.2 Å². The molecular formula is C27H34ClN5O4. The zero-order chi connectivity index (χ0) is 26.6. The Morgan fingerprint density at radius 3 is 2.62 bits per heavy atom. The summed E-state index contributed by atoms with van der Waals surface area (Å²) in [5.74, 6) is 0.701. The molecule has 1 N–H and O–H groups in total. The van der Waals surface area contributed by atoms with Gasteiger partial charge in [-0.2, -0.15) is 0 Å². The van der Waals surface area contributed by atoms with Crippen LogP contribution in [0.2, 0.25) is 5.02 Å². The van der Waals surface area contributed by atoms with Gasteiger partial charge in [0.2, 0.25) is 5.91 Å². The Bertz CT molecular complexity index is 1160. The summed E-state index contributed by atoms with van der Waals surface area (Å²) in [6.45, 7) is 8.44. The quantitative estimate of drug-likeness (QED) is 0.594. The Kier molecular flexibility index (Phi) is 8.34. The third-order valence-corrected chi connectivity index (χ3v) is 6.39. The first kappa shape index (κ1) is 26.9. The predicted molar refractivity (Wildman–Crippen MR) is 143 cm³/mol. The van der Waals surface area contributed by atoms with Crippen LogP contribution < -0.4 is 10.1 Å². The highest BCUT2D eigenvalue weighted by molar-refractivity contribution is 6.32. The summed E-state index contributed by atoms with van der Waals surface area (Å²) in [5.41, 5.74) is 2.18. The maximum atomic E-state index is 12.6. The van der Waals surface area contributed by atoms with Crippen LogP contribution in [0.3, 0.4) is 0 Å². The number of hydrogen-bond acceptors (Lipinski definition) is 7. The normalized spacial score (nSPS) is 18.4. The number of aromatic nitrogens is 2. The van der Waals surface area contributed by atoms with Crippen LogP contribution in [-0.2, 0) is 16.0 Å². The van der Waals surface area contributed by atoms with Gasteiger partial charge >= 0.3 is 6.09 Å². The summed E-state index contributed by atoms with van der Waals surface area (Å²) in [7, 11) is 2.05. The number of carbonyl (C=O) groups is 2. The lowest BCUT2D eigenvalue weighted by Crippen LogP contribution is -2.39. The van der Waals surface area contributed by atoms with Gasteiger partial charge in [-0.05, 0) is 57.9 Å². The molecule has 0 unspecified atom stereocenters. The van der Waals surface area contributed by atoms with E-state index in [0.717, 1.165) is 36.3 Å². The molecule has 2 aromatic heterocycles. The second-order valence-corrected chi connectivity index (χ2v) is 10.9. The fourth-order valence-corrected chi connectivity index (χ4v) is 4.38. The number of anilines is 1. The molecule has 4 rings (SSSR count). The van der Waals surface area contributed by atoms with Crippen LogP contribution in [0.25, 0.3) is 5.57 Å². The number of nitrogens with zero attached hydrogens (tertiary/aromatic N) is 4. The van der Waals surface area contributed by atoms with Gasteiger partial charge in [0.1, 0.15) is 28.3 Å². The van der Waals surface area contributed by atoms with E-state index < -0.39 is 5.60 Å². The Morgan fingerprint density at radius 1 is 1.19 bits per heavy atom. The van der Waals surface area contributed by atoms with E-state index in [2.05, 4.69) is 27.2 Å². The van der Waals surface area contributed by atoms with Gasteiger partial charge < -0.3 is 24.6 Å². The Balaban J connectivity index is 1.30. The zero-order valence-corrected chi connectivity index (χ0v) is 22.5. The molecular weight excluding hydrogens is 494 g/mol. The standard InChI is InChI=1S/C27H34ClN5O4/c1-27(2,3)37-26(35)33-11-7-19(8-12-33)22-6-5-18(15-29-22)13-25(34)31-24-14-23(21(28)16-30-24)36-20-9-10-32(4)17-20/h5-7,14-16,20H,8-13,17H2,1-4H3,(H,30,31,34)/t20-/m0/s1. The van der Waals surface area contributed by atoms with Crippen molar-refractivity contribution in [3.05, 3.63) is 52.9 Å². The first-order chi connectivity index (χ1) is 17.6. The van der Waals surface area contributed by atoms with Gasteiger partial charge in [0.25, 0.3) is 0 Å². The fraction of sp³-hybridized carbons (Fsp3) is 0.481. The molecule has 1 saturated heterocycles. The summed E-state index contributed by atoms with van der Waals surface area (Å²) in [6, 6.07) is 5.46. The van der Waals surface area contributed by atoms with Crippen LogP contribution in [-0.4, -0.2) is 76.7 Å². The number of pyridine rings is 2. The van der Waals surface area contributed by atoms with Crippen LogP contribution in [0.15, 0.2) is 36.7 Å². The van der Waals surface area contributed by atoms with Crippen LogP contribution >= 0.6 is 11.6 Å². The predicted octanol–water partition coefficient (Wildman–Crippen LogP) is 4.42. The van der Waals surface area contributed by atoms with E-state index in [1.165, 1.54) is 6.20 Å². The number of carbonyl (C=O) groups excluding carboxylic acids is 2. The number of hydrogen-bond donors (Lipinski definition) is 1. The van der Waals surface area contributed by atoms with Crippen molar-refractivity contribution in [3.63, 3.8) is 0 Å². The van der Waals surface area contributed by atoms with Crippen molar-refractivity contribution in [2.45, 2.75) is 51.7 Å². The lowest BCUT2D eigenvalue weighted by molar-refractivity contribution is -0.115. The third kappa shape index (κ3) is 7.66. The number of likely N-dealkylation sites (N-methyl/N-ethyl adjacent to an activating group) is 1. The lowest BCUT2D eigenvalue weighted by atomic mass is 10.0. The third-order valence-electron chi connectivity index (χ3n) is 6.11. The molecule has 198 valence electrons. The first-order valence-electron chi connectivity index (χ1n) is 12.5. The number of likely N-dealkylation sites (tertiary alicyclic amines) is 1. The number of ether oxygens (including phenoxy) is 2. The van der Waals surface area contributed by atoms with Crippen molar-refractivity contribution in [1.29, 1.82) is 0 Å². The topological polar surface area (TPSA) is 96.9 Å². The van der Waals surface area contributed by atoms with E-state index >= 15 is 0 Å². The minimum absolute atomic E-state index is 0.0673. The summed E-state index contributed by atoms with van der Waals surface area (Å²) < 4.78 is 11.5. The molecule has 0 radical (unpaired) electrons. The largest absolute Gasteiger partial charge is 0.487 e. The fourth-order valence-electron chi connectivity index (χ4n) is 4.23. The molecule has 4 heterocycles. The van der Waals surface area contributed by atoms with Gasteiger partial charge in [-0.1, -0.05) is 23.7 Å². The van der Waals surface area contributed by atoms with Crippen LogP contribution in [0.5, 0.6) is 5.75 Å². The molecule has 2 aromatic rings. The molecule has 9 nitrogen and oxygen atoms in total. The molecule has 2 amide bonds. The summed E-state index contributed by atoms with van der Waals surface area (Å²) in [4.78, 5) is 37.5. The van der Waals surface area contributed by atoms with E-state index in [4.69, 9.17) is 21.1 Å². The van der Waals surface area contributed by atoms with E-state index in [0.29, 0.717) is 36.1 Å². The number of nitrogens with one attached hydrogen (secondary N) is 1. The van der Waals surface area contributed by atoms with Crippen LogP contribution in [0.4, 0.5) is 10.6 Å². The molecule has 0 aromatic carbocycles. The Labute approximate surface area is 222 Å². The maximum absolute atomic E-state index is 12.6. The number of halogens is 1.